The molecule has 0 aromatic carbocycles. The molecule has 0 aromatic heterocycles. The van der Waals surface area contributed by atoms with E-state index in [9.17, 15) is 4.79 Å². The van der Waals surface area contributed by atoms with Gasteiger partial charge in [0.15, 0.2) is 5.60 Å². The molecule has 2 rings (SSSR count). The van der Waals surface area contributed by atoms with Crippen molar-refractivity contribution >= 4 is 5.78 Å². The van der Waals surface area contributed by atoms with Gasteiger partial charge in [0.05, 0.1) is 6.61 Å². The van der Waals surface area contributed by atoms with Crippen molar-refractivity contribution in [1.29, 1.82) is 0 Å². The van der Waals surface area contributed by atoms with Gasteiger partial charge in [-0.3, -0.25) is 4.79 Å². The van der Waals surface area contributed by atoms with E-state index in [1.165, 1.54) is 0 Å². The molecule has 2 aliphatic heterocycles. The van der Waals surface area contributed by atoms with Gasteiger partial charge >= 0.3 is 0 Å². The third kappa shape index (κ3) is 0.891. The van der Waals surface area contributed by atoms with Gasteiger partial charge in [-0.2, -0.15) is 0 Å². The third-order valence-electron chi connectivity index (χ3n) is 3.41. The van der Waals surface area contributed by atoms with Gasteiger partial charge in [-0.1, -0.05) is 6.92 Å². The van der Waals surface area contributed by atoms with Gasteiger partial charge in [0.1, 0.15) is 11.2 Å². The number of rotatable bonds is 1. The van der Waals surface area contributed by atoms with E-state index in [-0.39, 0.29) is 5.78 Å². The lowest BCUT2D eigenvalue weighted by atomic mass is 9.85. The Bertz CT molecular complexity index is 265. The van der Waals surface area contributed by atoms with Gasteiger partial charge in [-0.25, -0.2) is 0 Å². The van der Waals surface area contributed by atoms with Crippen LogP contribution < -0.4 is 0 Å². The van der Waals surface area contributed by atoms with Crippen LogP contribution in [0.3, 0.4) is 0 Å². The first kappa shape index (κ1) is 9.16. The lowest BCUT2D eigenvalue weighted by Gasteiger charge is -2.24. The van der Waals surface area contributed by atoms with Crippen LogP contribution in [0.25, 0.3) is 0 Å². The summed E-state index contributed by atoms with van der Waals surface area (Å²) in [5.74, 6) is 0.118. The molecule has 3 heteroatoms. The molecule has 74 valence electrons. The highest BCUT2D eigenvalue weighted by Crippen LogP contribution is 2.52. The lowest BCUT2D eigenvalue weighted by Crippen LogP contribution is -2.40. The van der Waals surface area contributed by atoms with E-state index in [0.717, 1.165) is 0 Å². The Balaban J connectivity index is 2.39. The van der Waals surface area contributed by atoms with E-state index in [2.05, 4.69) is 0 Å². The quantitative estimate of drug-likeness (QED) is 0.577. The number of ether oxygens (including phenoxy) is 2. The molecule has 2 unspecified atom stereocenters. The van der Waals surface area contributed by atoms with E-state index in [1.807, 2.05) is 27.7 Å². The Kier molecular flexibility index (Phi) is 1.51. The smallest absolute Gasteiger partial charge is 0.201 e. The van der Waals surface area contributed by atoms with Crippen LogP contribution in [0.2, 0.25) is 0 Å². The molecule has 2 atom stereocenters. The normalized spacial score (nSPS) is 47.2. The SMILES string of the molecule is CCC1(C)OC(C)(C)C2(CO2)C1=O. The van der Waals surface area contributed by atoms with Crippen LogP contribution >= 0.6 is 0 Å². The van der Waals surface area contributed by atoms with Crippen LogP contribution in [0, 0.1) is 0 Å². The summed E-state index contributed by atoms with van der Waals surface area (Å²) in [6, 6.07) is 0. The zero-order chi connectivity index (χ0) is 9.91. The maximum atomic E-state index is 12.0. The van der Waals surface area contributed by atoms with Crippen molar-refractivity contribution < 1.29 is 14.3 Å². The molecule has 0 radical (unpaired) electrons. The van der Waals surface area contributed by atoms with E-state index in [4.69, 9.17) is 9.47 Å². The topological polar surface area (TPSA) is 38.8 Å². The molecule has 0 bridgehead atoms. The first-order valence-corrected chi connectivity index (χ1v) is 4.77. The molecule has 2 fully saturated rings. The first-order chi connectivity index (χ1) is 5.88. The van der Waals surface area contributed by atoms with Gasteiger partial charge in [0.2, 0.25) is 5.78 Å². The van der Waals surface area contributed by atoms with Gasteiger partial charge in [0.25, 0.3) is 0 Å². The molecular weight excluding hydrogens is 168 g/mol. The van der Waals surface area contributed by atoms with Crippen molar-refractivity contribution in [2.24, 2.45) is 0 Å². The zero-order valence-electron chi connectivity index (χ0n) is 8.64. The van der Waals surface area contributed by atoms with Gasteiger partial charge < -0.3 is 9.47 Å². The van der Waals surface area contributed by atoms with Gasteiger partial charge in [-0.05, 0) is 27.2 Å². The highest BCUT2D eigenvalue weighted by atomic mass is 16.7. The van der Waals surface area contributed by atoms with E-state index in [1.54, 1.807) is 0 Å². The number of ketones is 1. The van der Waals surface area contributed by atoms with Crippen molar-refractivity contribution in [2.45, 2.75) is 50.9 Å². The van der Waals surface area contributed by atoms with Crippen LogP contribution in [0.15, 0.2) is 0 Å². The van der Waals surface area contributed by atoms with E-state index >= 15 is 0 Å². The summed E-state index contributed by atoms with van der Waals surface area (Å²) in [5.41, 5.74) is -1.73. The van der Waals surface area contributed by atoms with Gasteiger partial charge in [-0.15, -0.1) is 0 Å². The minimum absolute atomic E-state index is 0.118. The summed E-state index contributed by atoms with van der Waals surface area (Å²) >= 11 is 0. The number of hydrogen-bond acceptors (Lipinski definition) is 3. The highest BCUT2D eigenvalue weighted by Gasteiger charge is 2.73. The van der Waals surface area contributed by atoms with Crippen LogP contribution in [0.1, 0.15) is 34.1 Å². The van der Waals surface area contributed by atoms with Crippen LogP contribution in [-0.2, 0) is 14.3 Å². The molecule has 0 N–H and O–H groups in total. The number of hydrogen-bond donors (Lipinski definition) is 0. The molecular formula is C10H16O3. The maximum Gasteiger partial charge on any atom is 0.201 e. The van der Waals surface area contributed by atoms with Crippen molar-refractivity contribution in [3.8, 4) is 0 Å². The third-order valence-corrected chi connectivity index (χ3v) is 3.41. The minimum Gasteiger partial charge on any atom is -0.358 e. The fourth-order valence-electron chi connectivity index (χ4n) is 2.18. The Labute approximate surface area is 78.4 Å². The standard InChI is InChI=1S/C10H16O3/c1-5-9(4)7(11)10(6-12-10)8(2,3)13-9/h5-6H2,1-4H3. The predicted molar refractivity (Wildman–Crippen MR) is 47.6 cm³/mol. The largest absolute Gasteiger partial charge is 0.358 e. The molecule has 0 saturated carbocycles. The fourth-order valence-corrected chi connectivity index (χ4v) is 2.18. The lowest BCUT2D eigenvalue weighted by molar-refractivity contribution is -0.135. The molecule has 13 heavy (non-hydrogen) atoms. The monoisotopic (exact) mass is 184 g/mol. The molecule has 2 aliphatic rings. The van der Waals surface area contributed by atoms with Gasteiger partial charge in [0, 0.05) is 0 Å². The Morgan fingerprint density at radius 3 is 2.15 bits per heavy atom. The predicted octanol–water partition coefficient (Wildman–Crippen LogP) is 1.30. The summed E-state index contributed by atoms with van der Waals surface area (Å²) in [6.45, 7) is 8.20. The first-order valence-electron chi connectivity index (χ1n) is 4.77. The van der Waals surface area contributed by atoms with E-state index < -0.39 is 16.8 Å². The summed E-state index contributed by atoms with van der Waals surface area (Å²) in [7, 11) is 0. The van der Waals surface area contributed by atoms with E-state index in [0.29, 0.717) is 13.0 Å². The molecule has 0 amide bonds. The second-order valence-corrected chi connectivity index (χ2v) is 4.64. The van der Waals surface area contributed by atoms with Crippen LogP contribution in [-0.4, -0.2) is 29.2 Å². The Morgan fingerprint density at radius 1 is 1.38 bits per heavy atom. The second kappa shape index (κ2) is 2.15. The summed E-state index contributed by atoms with van der Waals surface area (Å²) in [4.78, 5) is 12.0. The number of epoxide rings is 1. The van der Waals surface area contributed by atoms with Crippen LogP contribution in [0.4, 0.5) is 0 Å². The summed E-state index contributed by atoms with van der Waals surface area (Å²) in [6.07, 6.45) is 0.709. The summed E-state index contributed by atoms with van der Waals surface area (Å²) in [5, 5.41) is 0. The molecule has 0 aromatic rings. The van der Waals surface area contributed by atoms with Crippen molar-refractivity contribution in [3.05, 3.63) is 0 Å². The van der Waals surface area contributed by atoms with Crippen molar-refractivity contribution in [3.63, 3.8) is 0 Å². The van der Waals surface area contributed by atoms with Crippen LogP contribution in [0.5, 0.6) is 0 Å². The number of carbonyl (C=O) groups excluding carboxylic acids is 1. The average Bonchev–Trinajstić information content (AvgIpc) is 2.79. The minimum atomic E-state index is -0.639. The molecule has 2 heterocycles. The average molecular weight is 184 g/mol. The molecule has 0 aliphatic carbocycles. The van der Waals surface area contributed by atoms with Crippen molar-refractivity contribution in [1.82, 2.24) is 0 Å². The molecule has 1 spiro atoms. The van der Waals surface area contributed by atoms with Crippen molar-refractivity contribution in [2.75, 3.05) is 6.61 Å². The molecule has 2 saturated heterocycles. The second-order valence-electron chi connectivity index (χ2n) is 4.64. The Morgan fingerprint density at radius 2 is 1.92 bits per heavy atom. The summed E-state index contributed by atoms with van der Waals surface area (Å²) < 4.78 is 11.1. The highest BCUT2D eigenvalue weighted by molar-refractivity contribution is 5.99. The fraction of sp³-hybridized carbons (Fsp3) is 0.900. The maximum absolute atomic E-state index is 12.0. The zero-order valence-corrected chi connectivity index (χ0v) is 8.64. The Hall–Kier alpha value is -0.410. The number of carbonyl (C=O) groups is 1. The molecule has 3 nitrogen and oxygen atoms in total. The number of Topliss-reactive ketones (excluding diaryl/α,β-unsaturated/α-hetero) is 1.